The summed E-state index contributed by atoms with van der Waals surface area (Å²) in [5.74, 6) is -0.255. The first kappa shape index (κ1) is 17.9. The molecule has 1 aromatic carbocycles. The van der Waals surface area contributed by atoms with Gasteiger partial charge in [-0.1, -0.05) is 11.6 Å². The van der Waals surface area contributed by atoms with Gasteiger partial charge in [0.25, 0.3) is 5.91 Å². The Balaban J connectivity index is 1.74. The summed E-state index contributed by atoms with van der Waals surface area (Å²) in [6.07, 6.45) is 4.00. The van der Waals surface area contributed by atoms with Crippen LogP contribution in [0.2, 0.25) is 5.02 Å². The second-order valence-corrected chi connectivity index (χ2v) is 6.61. The van der Waals surface area contributed by atoms with E-state index in [1.165, 1.54) is 18.2 Å². The van der Waals surface area contributed by atoms with Crippen molar-refractivity contribution in [2.24, 2.45) is 5.92 Å². The van der Waals surface area contributed by atoms with E-state index in [4.69, 9.17) is 11.6 Å². The summed E-state index contributed by atoms with van der Waals surface area (Å²) in [6.45, 7) is 2.58. The average molecular weight is 341 g/mol. The SMILES string of the molecule is CC(=O)CNC1CCC(CNC(=O)c2cc(F)cc(Cl)c2)CC1. The van der Waals surface area contributed by atoms with Gasteiger partial charge in [-0.05, 0) is 56.7 Å². The molecule has 1 aromatic rings. The second-order valence-electron chi connectivity index (χ2n) is 6.17. The molecule has 1 aliphatic carbocycles. The lowest BCUT2D eigenvalue weighted by atomic mass is 9.86. The van der Waals surface area contributed by atoms with Crippen molar-refractivity contribution in [1.82, 2.24) is 10.6 Å². The van der Waals surface area contributed by atoms with E-state index in [9.17, 15) is 14.0 Å². The summed E-state index contributed by atoms with van der Waals surface area (Å²) in [5.41, 5.74) is 0.242. The van der Waals surface area contributed by atoms with Crippen LogP contribution in [0.4, 0.5) is 4.39 Å². The van der Waals surface area contributed by atoms with Gasteiger partial charge < -0.3 is 10.6 Å². The first-order chi connectivity index (χ1) is 10.9. The smallest absolute Gasteiger partial charge is 0.251 e. The van der Waals surface area contributed by atoms with Gasteiger partial charge >= 0.3 is 0 Å². The van der Waals surface area contributed by atoms with Crippen LogP contribution >= 0.6 is 11.6 Å². The molecule has 1 aliphatic rings. The van der Waals surface area contributed by atoms with Crippen molar-refractivity contribution in [3.05, 3.63) is 34.6 Å². The molecule has 0 spiro atoms. The fourth-order valence-corrected chi connectivity index (χ4v) is 3.10. The maximum Gasteiger partial charge on any atom is 0.251 e. The lowest BCUT2D eigenvalue weighted by Crippen LogP contribution is -2.38. The number of hydrogen-bond donors (Lipinski definition) is 2. The van der Waals surface area contributed by atoms with Gasteiger partial charge in [-0.25, -0.2) is 4.39 Å². The zero-order chi connectivity index (χ0) is 16.8. The molecule has 1 fully saturated rings. The molecule has 2 rings (SSSR count). The number of rotatable bonds is 6. The predicted molar refractivity (Wildman–Crippen MR) is 88.2 cm³/mol. The number of benzene rings is 1. The van der Waals surface area contributed by atoms with Gasteiger partial charge in [0.2, 0.25) is 0 Å². The van der Waals surface area contributed by atoms with E-state index in [0.717, 1.165) is 25.7 Å². The van der Waals surface area contributed by atoms with Crippen LogP contribution < -0.4 is 10.6 Å². The minimum atomic E-state index is -0.514. The molecule has 0 radical (unpaired) electrons. The van der Waals surface area contributed by atoms with Crippen molar-refractivity contribution >= 4 is 23.3 Å². The molecule has 1 amide bonds. The zero-order valence-electron chi connectivity index (χ0n) is 13.2. The van der Waals surface area contributed by atoms with E-state index >= 15 is 0 Å². The summed E-state index contributed by atoms with van der Waals surface area (Å²) in [4.78, 5) is 23.0. The van der Waals surface area contributed by atoms with Crippen LogP contribution in [0.3, 0.4) is 0 Å². The van der Waals surface area contributed by atoms with Crippen LogP contribution in [-0.2, 0) is 4.79 Å². The highest BCUT2D eigenvalue weighted by atomic mass is 35.5. The molecule has 4 nitrogen and oxygen atoms in total. The zero-order valence-corrected chi connectivity index (χ0v) is 14.0. The van der Waals surface area contributed by atoms with Crippen LogP contribution in [0.1, 0.15) is 43.0 Å². The first-order valence-corrected chi connectivity index (χ1v) is 8.29. The molecule has 0 unspecified atom stereocenters. The number of ketones is 1. The fourth-order valence-electron chi connectivity index (χ4n) is 2.88. The third kappa shape index (κ3) is 5.92. The molecule has 23 heavy (non-hydrogen) atoms. The Morgan fingerprint density at radius 2 is 1.91 bits per heavy atom. The van der Waals surface area contributed by atoms with Crippen LogP contribution in [0.15, 0.2) is 18.2 Å². The van der Waals surface area contributed by atoms with Gasteiger partial charge in [-0.2, -0.15) is 0 Å². The molecule has 6 heteroatoms. The molecule has 0 aromatic heterocycles. The summed E-state index contributed by atoms with van der Waals surface area (Å²) < 4.78 is 13.3. The van der Waals surface area contributed by atoms with Gasteiger partial charge in [0.1, 0.15) is 11.6 Å². The minimum absolute atomic E-state index is 0.146. The lowest BCUT2D eigenvalue weighted by molar-refractivity contribution is -0.116. The Labute approximate surface area is 140 Å². The van der Waals surface area contributed by atoms with Crippen molar-refractivity contribution in [3.8, 4) is 0 Å². The molecular formula is C17H22ClFN2O2. The number of halogens is 2. The number of amides is 1. The van der Waals surface area contributed by atoms with Crippen molar-refractivity contribution in [1.29, 1.82) is 0 Å². The van der Waals surface area contributed by atoms with Gasteiger partial charge in [0.15, 0.2) is 0 Å². The number of carbonyl (C=O) groups is 2. The number of hydrogen-bond acceptors (Lipinski definition) is 3. The lowest BCUT2D eigenvalue weighted by Gasteiger charge is -2.29. The second kappa shape index (κ2) is 8.41. The van der Waals surface area contributed by atoms with Crippen LogP contribution in [0.25, 0.3) is 0 Å². The highest BCUT2D eigenvalue weighted by molar-refractivity contribution is 6.31. The first-order valence-electron chi connectivity index (χ1n) is 7.91. The fraction of sp³-hybridized carbons (Fsp3) is 0.529. The number of carbonyl (C=O) groups excluding carboxylic acids is 2. The average Bonchev–Trinajstić information content (AvgIpc) is 2.50. The summed E-state index contributed by atoms with van der Waals surface area (Å²) in [7, 11) is 0. The van der Waals surface area contributed by atoms with Gasteiger partial charge in [-0.15, -0.1) is 0 Å². The van der Waals surface area contributed by atoms with Gasteiger partial charge in [0.05, 0.1) is 6.54 Å². The Kier molecular flexibility index (Phi) is 6.54. The highest BCUT2D eigenvalue weighted by Crippen LogP contribution is 2.24. The van der Waals surface area contributed by atoms with E-state index in [2.05, 4.69) is 10.6 Å². The van der Waals surface area contributed by atoms with Crippen molar-refractivity contribution in [2.75, 3.05) is 13.1 Å². The third-order valence-electron chi connectivity index (χ3n) is 4.16. The van der Waals surface area contributed by atoms with Crippen LogP contribution in [0.5, 0.6) is 0 Å². The molecule has 0 bridgehead atoms. The largest absolute Gasteiger partial charge is 0.352 e. The quantitative estimate of drug-likeness (QED) is 0.837. The predicted octanol–water partition coefficient (Wildman–Crippen LogP) is 2.95. The summed E-state index contributed by atoms with van der Waals surface area (Å²) in [5, 5.41) is 6.32. The maximum atomic E-state index is 13.3. The van der Waals surface area contributed by atoms with E-state index in [1.807, 2.05) is 0 Å². The summed E-state index contributed by atoms with van der Waals surface area (Å²) >= 11 is 5.76. The number of Topliss-reactive ketones (excluding diaryl/α,β-unsaturated/α-hetero) is 1. The molecule has 0 atom stereocenters. The van der Waals surface area contributed by atoms with E-state index in [0.29, 0.717) is 25.0 Å². The van der Waals surface area contributed by atoms with Crippen molar-refractivity contribution in [3.63, 3.8) is 0 Å². The Morgan fingerprint density at radius 3 is 2.52 bits per heavy atom. The van der Waals surface area contributed by atoms with E-state index in [-0.39, 0.29) is 22.3 Å². The minimum Gasteiger partial charge on any atom is -0.352 e. The van der Waals surface area contributed by atoms with E-state index < -0.39 is 5.82 Å². The monoisotopic (exact) mass is 340 g/mol. The molecule has 0 saturated heterocycles. The topological polar surface area (TPSA) is 58.2 Å². The summed E-state index contributed by atoms with van der Waals surface area (Å²) in [6, 6.07) is 4.20. The Morgan fingerprint density at radius 1 is 1.22 bits per heavy atom. The van der Waals surface area contributed by atoms with Crippen molar-refractivity contribution in [2.45, 2.75) is 38.6 Å². The third-order valence-corrected chi connectivity index (χ3v) is 4.38. The molecule has 1 saturated carbocycles. The van der Waals surface area contributed by atoms with E-state index in [1.54, 1.807) is 6.92 Å². The van der Waals surface area contributed by atoms with Gasteiger partial charge in [-0.3, -0.25) is 9.59 Å². The molecule has 2 N–H and O–H groups in total. The maximum absolute atomic E-state index is 13.3. The van der Waals surface area contributed by atoms with Crippen molar-refractivity contribution < 1.29 is 14.0 Å². The normalized spacial score (nSPS) is 21.0. The van der Waals surface area contributed by atoms with Crippen LogP contribution in [0, 0.1) is 11.7 Å². The highest BCUT2D eigenvalue weighted by Gasteiger charge is 2.21. The van der Waals surface area contributed by atoms with Gasteiger partial charge in [0, 0.05) is 23.2 Å². The standard InChI is InChI=1S/C17H22ClFN2O2/c1-11(22)9-20-16-4-2-12(3-5-16)10-21-17(23)13-6-14(18)8-15(19)7-13/h6-8,12,16,20H,2-5,9-10H2,1H3,(H,21,23). The molecule has 126 valence electrons. The molecule has 0 aliphatic heterocycles. The molecular weight excluding hydrogens is 319 g/mol. The number of nitrogens with one attached hydrogen (secondary N) is 2. The Bertz CT molecular complexity index is 551. The Hall–Kier alpha value is -1.46. The molecule has 0 heterocycles. The van der Waals surface area contributed by atoms with Crippen LogP contribution in [-0.4, -0.2) is 30.8 Å².